The summed E-state index contributed by atoms with van der Waals surface area (Å²) in [4.78, 5) is 13.4. The van der Waals surface area contributed by atoms with Gasteiger partial charge in [-0.25, -0.2) is 9.52 Å². The van der Waals surface area contributed by atoms with Crippen LogP contribution >= 0.6 is 0 Å². The van der Waals surface area contributed by atoms with Gasteiger partial charge in [-0.15, -0.1) is 0 Å². The highest BCUT2D eigenvalue weighted by Crippen LogP contribution is 2.24. The summed E-state index contributed by atoms with van der Waals surface area (Å²) >= 11 is -2.69. The maximum atomic E-state index is 13.3. The summed E-state index contributed by atoms with van der Waals surface area (Å²) in [5.74, 6) is 5.41. The van der Waals surface area contributed by atoms with E-state index in [1.165, 1.54) is 12.1 Å². The van der Waals surface area contributed by atoms with Crippen LogP contribution in [-0.2, 0) is 54.7 Å². The topological polar surface area (TPSA) is 148 Å². The lowest BCUT2D eigenvalue weighted by molar-refractivity contribution is -0.152. The highest BCUT2D eigenvalue weighted by atomic mass is 32.2. The van der Waals surface area contributed by atoms with E-state index < -0.39 is 32.9 Å². The van der Waals surface area contributed by atoms with Gasteiger partial charge in [0.1, 0.15) is 12.1 Å². The number of rotatable bonds is 16. The van der Waals surface area contributed by atoms with E-state index in [2.05, 4.69) is 16.6 Å². The zero-order valence-corrected chi connectivity index (χ0v) is 25.8. The van der Waals surface area contributed by atoms with Crippen molar-refractivity contribution in [3.8, 4) is 11.8 Å². The highest BCUT2D eigenvalue weighted by molar-refractivity contribution is 7.86. The van der Waals surface area contributed by atoms with Crippen LogP contribution in [0, 0.1) is 11.8 Å². The summed E-state index contributed by atoms with van der Waals surface area (Å²) in [5, 5.41) is 0. The Hall–Kier alpha value is -3.37. The minimum Gasteiger partial charge on any atom is -0.760 e. The van der Waals surface area contributed by atoms with Gasteiger partial charge in [-0.3, -0.25) is 8.39 Å². The molecule has 3 N–H and O–H groups in total. The Balaban J connectivity index is 1.59. The Kier molecular flexibility index (Phi) is 13.5. The Bertz CT molecular complexity index is 1500. The highest BCUT2D eigenvalue weighted by Gasteiger charge is 2.40. The van der Waals surface area contributed by atoms with Crippen LogP contribution in [0.4, 0.5) is 0 Å². The third kappa shape index (κ3) is 11.0. The fourth-order valence-corrected chi connectivity index (χ4v) is 5.82. The second-order valence-corrected chi connectivity index (χ2v) is 12.3. The second-order valence-electron chi connectivity index (χ2n) is 9.99. The fourth-order valence-electron chi connectivity index (χ4n) is 4.30. The number of hydrogen-bond acceptors (Lipinski definition) is 8. The van der Waals surface area contributed by atoms with Gasteiger partial charge in [-0.05, 0) is 53.8 Å². The molecule has 0 spiro atoms. The first-order valence-electron chi connectivity index (χ1n) is 14.0. The molecule has 3 aromatic carbocycles. The third-order valence-corrected chi connectivity index (χ3v) is 8.55. The van der Waals surface area contributed by atoms with Crippen LogP contribution in [0.15, 0.2) is 83.8 Å². The molecule has 3 rings (SSSR count). The molecule has 0 bridgehead atoms. The first-order chi connectivity index (χ1) is 20.7. The van der Waals surface area contributed by atoms with E-state index in [4.69, 9.17) is 14.7 Å². The van der Waals surface area contributed by atoms with Crippen molar-refractivity contribution in [1.82, 2.24) is 4.72 Å². The fraction of sp³-hybridized carbons (Fsp3) is 0.344. The van der Waals surface area contributed by atoms with Crippen LogP contribution in [-0.4, -0.2) is 35.3 Å². The van der Waals surface area contributed by atoms with E-state index in [1.807, 2.05) is 37.3 Å². The lowest BCUT2D eigenvalue weighted by Crippen LogP contribution is -2.55. The summed E-state index contributed by atoms with van der Waals surface area (Å²) in [5.41, 5.74) is 7.20. The zero-order chi connectivity index (χ0) is 31.1. The lowest BCUT2D eigenvalue weighted by atomic mass is 9.86. The SMILES string of the molecule is CCCCC(Cc1ccc(C#CCCCOS(=O)(=O)c2ccc(CN)cc2)cc1)(NS(=O)[O-])C(=O)OCc1ccccc1. The molecule has 0 aliphatic carbocycles. The van der Waals surface area contributed by atoms with Crippen LogP contribution in [0.2, 0.25) is 0 Å². The predicted molar refractivity (Wildman–Crippen MR) is 164 cm³/mol. The number of esters is 1. The van der Waals surface area contributed by atoms with Gasteiger partial charge in [-0.1, -0.05) is 86.2 Å². The number of unbranched alkanes of at least 4 members (excludes halogenated alkanes) is 2. The molecule has 11 heteroatoms. The summed E-state index contributed by atoms with van der Waals surface area (Å²) in [6, 6.07) is 22.6. The number of hydrogen-bond donors (Lipinski definition) is 2. The van der Waals surface area contributed by atoms with Gasteiger partial charge in [0.05, 0.1) is 11.5 Å². The summed E-state index contributed by atoms with van der Waals surface area (Å²) in [6.07, 6.45) is 2.64. The van der Waals surface area contributed by atoms with Gasteiger partial charge < -0.3 is 15.0 Å². The van der Waals surface area contributed by atoms with Gasteiger partial charge in [-0.2, -0.15) is 8.42 Å². The molecule has 0 fully saturated rings. The Morgan fingerprint density at radius 2 is 1.65 bits per heavy atom. The quantitative estimate of drug-likeness (QED) is 0.0788. The van der Waals surface area contributed by atoms with Crippen molar-refractivity contribution >= 4 is 27.4 Å². The standard InChI is InChI=1S/C32H38N2O7S2/c1-2-3-21-32(34-42(36)37,31(35)40-25-29-11-6-4-7-12-29)23-27-15-13-26(14-16-27)10-8-5-9-22-41-43(38,39)30-19-17-28(24-33)18-20-30/h4,6-7,11-20,34H,2-3,5,9,21-25,33H2,1H3,(H,36,37)/p-1. The number of nitrogens with one attached hydrogen (secondary N) is 1. The molecule has 2 atom stereocenters. The largest absolute Gasteiger partial charge is 0.760 e. The van der Waals surface area contributed by atoms with E-state index in [-0.39, 0.29) is 31.0 Å². The normalized spacial score (nSPS) is 13.4. The van der Waals surface area contributed by atoms with Crippen LogP contribution in [0.1, 0.15) is 61.3 Å². The second kappa shape index (κ2) is 17.1. The molecule has 2 unspecified atom stereocenters. The van der Waals surface area contributed by atoms with Crippen LogP contribution in [0.5, 0.6) is 0 Å². The van der Waals surface area contributed by atoms with Crippen molar-refractivity contribution in [3.05, 3.63) is 101 Å². The molecule has 0 aliphatic heterocycles. The first kappa shape index (κ1) is 34.1. The number of nitrogens with two attached hydrogens (primary N) is 1. The zero-order valence-electron chi connectivity index (χ0n) is 24.1. The summed E-state index contributed by atoms with van der Waals surface area (Å²) in [6.45, 7) is 2.33. The van der Waals surface area contributed by atoms with Crippen molar-refractivity contribution in [2.75, 3.05) is 6.61 Å². The molecule has 0 heterocycles. The smallest absolute Gasteiger partial charge is 0.327 e. The molecule has 43 heavy (non-hydrogen) atoms. The Morgan fingerprint density at radius 1 is 0.977 bits per heavy atom. The maximum absolute atomic E-state index is 13.3. The average molecular weight is 626 g/mol. The Morgan fingerprint density at radius 3 is 2.28 bits per heavy atom. The molecule has 0 aromatic heterocycles. The van der Waals surface area contributed by atoms with Gasteiger partial charge in [0, 0.05) is 36.2 Å². The van der Waals surface area contributed by atoms with Gasteiger partial charge in [0.25, 0.3) is 10.1 Å². The number of carbonyl (C=O) groups excluding carboxylic acids is 1. The molecule has 0 amide bonds. The summed E-state index contributed by atoms with van der Waals surface area (Å²) in [7, 11) is -3.85. The molecule has 0 saturated carbocycles. The molecule has 230 valence electrons. The van der Waals surface area contributed by atoms with Crippen molar-refractivity contribution in [2.24, 2.45) is 5.73 Å². The summed E-state index contributed by atoms with van der Waals surface area (Å²) < 4.78 is 61.3. The molecule has 0 radical (unpaired) electrons. The molecule has 0 aliphatic rings. The minimum absolute atomic E-state index is 0.00287. The van der Waals surface area contributed by atoms with Crippen molar-refractivity contribution < 1.29 is 30.9 Å². The van der Waals surface area contributed by atoms with Gasteiger partial charge in [0.2, 0.25) is 0 Å². The molecular weight excluding hydrogens is 588 g/mol. The van der Waals surface area contributed by atoms with Gasteiger partial charge in [0.15, 0.2) is 0 Å². The van der Waals surface area contributed by atoms with Crippen molar-refractivity contribution in [2.45, 2.75) is 69.0 Å². The Labute approximate surface area is 256 Å². The number of benzene rings is 3. The number of ether oxygens (including phenoxy) is 1. The van der Waals surface area contributed by atoms with E-state index >= 15 is 0 Å². The number of carbonyl (C=O) groups is 1. The maximum Gasteiger partial charge on any atom is 0.327 e. The third-order valence-electron chi connectivity index (χ3n) is 6.66. The molecule has 0 saturated heterocycles. The minimum atomic E-state index is -3.85. The lowest BCUT2D eigenvalue weighted by Gasteiger charge is -2.33. The molecular formula is C32H37N2O7S2-. The van der Waals surface area contributed by atoms with E-state index in [9.17, 15) is 22.0 Å². The van der Waals surface area contributed by atoms with Crippen molar-refractivity contribution in [1.29, 1.82) is 0 Å². The average Bonchev–Trinajstić information content (AvgIpc) is 3.01. The van der Waals surface area contributed by atoms with Crippen LogP contribution < -0.4 is 10.5 Å². The molecule has 3 aromatic rings. The monoisotopic (exact) mass is 625 g/mol. The van der Waals surface area contributed by atoms with E-state index in [1.54, 1.807) is 36.4 Å². The first-order valence-corrected chi connectivity index (χ1v) is 16.5. The van der Waals surface area contributed by atoms with Gasteiger partial charge >= 0.3 is 5.97 Å². The van der Waals surface area contributed by atoms with Crippen LogP contribution in [0.25, 0.3) is 0 Å². The van der Waals surface area contributed by atoms with E-state index in [0.717, 1.165) is 28.7 Å². The van der Waals surface area contributed by atoms with Crippen LogP contribution in [0.3, 0.4) is 0 Å². The predicted octanol–water partition coefficient (Wildman–Crippen LogP) is 4.28. The molecule has 9 nitrogen and oxygen atoms in total. The van der Waals surface area contributed by atoms with Crippen molar-refractivity contribution in [3.63, 3.8) is 0 Å². The van der Waals surface area contributed by atoms with E-state index in [0.29, 0.717) is 25.8 Å².